The highest BCUT2D eigenvalue weighted by molar-refractivity contribution is 6.31. The van der Waals surface area contributed by atoms with Crippen molar-refractivity contribution in [2.75, 3.05) is 5.32 Å². The number of halogens is 3. The van der Waals surface area contributed by atoms with Crippen molar-refractivity contribution in [1.82, 2.24) is 0 Å². The van der Waals surface area contributed by atoms with Gasteiger partial charge in [0.2, 0.25) is 0 Å². The predicted octanol–water partition coefficient (Wildman–Crippen LogP) is 4.42. The van der Waals surface area contributed by atoms with E-state index in [1.165, 1.54) is 18.2 Å². The fourth-order valence-electron chi connectivity index (χ4n) is 1.14. The summed E-state index contributed by atoms with van der Waals surface area (Å²) in [6, 6.07) is 1.85. The van der Waals surface area contributed by atoms with Crippen molar-refractivity contribution in [1.29, 1.82) is 0 Å². The highest BCUT2D eigenvalue weighted by atomic mass is 35.5. The summed E-state index contributed by atoms with van der Waals surface area (Å²) in [5, 5.41) is 1.76. The number of benzene rings is 1. The van der Waals surface area contributed by atoms with E-state index in [0.29, 0.717) is 0 Å². The molecule has 1 rings (SSSR count). The molecule has 0 heterocycles. The van der Waals surface area contributed by atoms with E-state index in [2.05, 4.69) is 18.5 Å². The molecule has 1 amide bonds. The van der Waals surface area contributed by atoms with Gasteiger partial charge in [-0.05, 0) is 18.2 Å². The fraction of sp³-hybridized carbons (Fsp3) is 0. The van der Waals surface area contributed by atoms with Crippen LogP contribution in [0.1, 0.15) is 0 Å². The zero-order chi connectivity index (χ0) is 14.4. The molecule has 3 nitrogen and oxygen atoms in total. The van der Waals surface area contributed by atoms with Gasteiger partial charge in [-0.25, -0.2) is 13.6 Å². The molecule has 0 spiro atoms. The van der Waals surface area contributed by atoms with Gasteiger partial charge in [-0.15, -0.1) is 0 Å². The Morgan fingerprint density at radius 1 is 1.37 bits per heavy atom. The first-order valence-electron chi connectivity index (χ1n) is 5.06. The Balaban J connectivity index is 2.80. The molecule has 0 aliphatic rings. The van der Waals surface area contributed by atoms with E-state index in [-0.39, 0.29) is 11.4 Å². The van der Waals surface area contributed by atoms with Gasteiger partial charge in [0.15, 0.2) is 11.6 Å². The number of carbonyl (C=O) groups excluding carboxylic acids is 1. The maximum absolute atomic E-state index is 13.0. The summed E-state index contributed by atoms with van der Waals surface area (Å²) in [5.41, 5.74) is -0.0316. The van der Waals surface area contributed by atoms with Crippen molar-refractivity contribution in [3.63, 3.8) is 0 Å². The van der Waals surface area contributed by atoms with Crippen molar-refractivity contribution in [3.8, 4) is 0 Å². The van der Waals surface area contributed by atoms with Gasteiger partial charge in [0, 0.05) is 11.8 Å². The van der Waals surface area contributed by atoms with E-state index in [1.54, 1.807) is 0 Å². The summed E-state index contributed by atoms with van der Waals surface area (Å²) in [5.74, 6) is -2.20. The summed E-state index contributed by atoms with van der Waals surface area (Å²) in [4.78, 5) is 11.4. The molecule has 1 aromatic rings. The lowest BCUT2D eigenvalue weighted by Crippen LogP contribution is -2.13. The van der Waals surface area contributed by atoms with E-state index in [9.17, 15) is 13.6 Å². The number of allylic oxidation sites excluding steroid dienone is 3. The Bertz CT molecular complexity index is 533. The van der Waals surface area contributed by atoms with Crippen LogP contribution in [0, 0.1) is 11.6 Å². The van der Waals surface area contributed by atoms with Gasteiger partial charge in [-0.1, -0.05) is 30.8 Å². The standard InChI is InChI=1S/C13H10ClF2NO2/c1-3-5-9(4-2)19-13(18)17-8-6-10(14)12(16)11(15)7-8/h3-7H,1-2H2,(H,17,18)/b9-5+. The molecule has 0 aliphatic carbocycles. The number of amides is 1. The summed E-state index contributed by atoms with van der Waals surface area (Å²) in [6.07, 6.45) is 3.21. The second-order valence-corrected chi connectivity index (χ2v) is 3.68. The first-order valence-corrected chi connectivity index (χ1v) is 5.44. The lowest BCUT2D eigenvalue weighted by atomic mass is 10.3. The lowest BCUT2D eigenvalue weighted by molar-refractivity contribution is 0.195. The second kappa shape index (κ2) is 6.70. The molecule has 0 aliphatic heterocycles. The van der Waals surface area contributed by atoms with Crippen molar-refractivity contribution in [2.24, 2.45) is 0 Å². The molecule has 0 unspecified atom stereocenters. The Kier molecular flexibility index (Phi) is 5.26. The van der Waals surface area contributed by atoms with E-state index in [4.69, 9.17) is 16.3 Å². The third-order valence-electron chi connectivity index (χ3n) is 1.92. The van der Waals surface area contributed by atoms with Crippen LogP contribution >= 0.6 is 11.6 Å². The van der Waals surface area contributed by atoms with Crippen LogP contribution in [0.4, 0.5) is 19.3 Å². The molecule has 0 saturated heterocycles. The Morgan fingerprint density at radius 2 is 2.05 bits per heavy atom. The molecule has 0 radical (unpaired) electrons. The van der Waals surface area contributed by atoms with E-state index in [0.717, 1.165) is 12.1 Å². The molecule has 19 heavy (non-hydrogen) atoms. The molecule has 6 heteroatoms. The molecular formula is C13H10ClF2NO2. The maximum Gasteiger partial charge on any atom is 0.417 e. The summed E-state index contributed by atoms with van der Waals surface area (Å²) >= 11 is 5.44. The number of anilines is 1. The summed E-state index contributed by atoms with van der Waals surface area (Å²) < 4.78 is 30.8. The molecule has 1 N–H and O–H groups in total. The molecule has 0 aromatic heterocycles. The third-order valence-corrected chi connectivity index (χ3v) is 2.20. The van der Waals surface area contributed by atoms with Crippen molar-refractivity contribution in [2.45, 2.75) is 0 Å². The first kappa shape index (κ1) is 14.9. The second-order valence-electron chi connectivity index (χ2n) is 3.28. The van der Waals surface area contributed by atoms with Crippen LogP contribution in [-0.4, -0.2) is 6.09 Å². The van der Waals surface area contributed by atoms with Crippen LogP contribution in [0.15, 0.2) is 49.3 Å². The number of ether oxygens (including phenoxy) is 1. The van der Waals surface area contributed by atoms with Gasteiger partial charge in [0.1, 0.15) is 5.76 Å². The van der Waals surface area contributed by atoms with Crippen molar-refractivity contribution in [3.05, 3.63) is 65.9 Å². The van der Waals surface area contributed by atoms with Gasteiger partial charge in [-0.2, -0.15) is 0 Å². The summed E-state index contributed by atoms with van der Waals surface area (Å²) in [6.45, 7) is 6.86. The minimum Gasteiger partial charge on any atom is -0.410 e. The third kappa shape index (κ3) is 4.22. The van der Waals surface area contributed by atoms with E-state index in [1.807, 2.05) is 0 Å². The summed E-state index contributed by atoms with van der Waals surface area (Å²) in [7, 11) is 0. The maximum atomic E-state index is 13.0. The number of rotatable bonds is 4. The van der Waals surface area contributed by atoms with E-state index < -0.39 is 22.8 Å². The molecule has 1 aromatic carbocycles. The van der Waals surface area contributed by atoms with Crippen LogP contribution in [0.2, 0.25) is 5.02 Å². The van der Waals surface area contributed by atoms with Crippen LogP contribution < -0.4 is 5.32 Å². The average Bonchev–Trinajstić information content (AvgIpc) is 2.35. The predicted molar refractivity (Wildman–Crippen MR) is 69.9 cm³/mol. The van der Waals surface area contributed by atoms with Gasteiger partial charge < -0.3 is 4.74 Å². The molecular weight excluding hydrogens is 276 g/mol. The Hall–Kier alpha value is -2.14. The minimum atomic E-state index is -1.18. The average molecular weight is 286 g/mol. The first-order chi connectivity index (χ1) is 8.97. The Labute approximate surface area is 113 Å². The van der Waals surface area contributed by atoms with Crippen molar-refractivity contribution < 1.29 is 18.3 Å². The van der Waals surface area contributed by atoms with Crippen molar-refractivity contribution >= 4 is 23.4 Å². The normalized spacial score (nSPS) is 10.8. The highest BCUT2D eigenvalue weighted by Gasteiger charge is 2.11. The van der Waals surface area contributed by atoms with E-state index >= 15 is 0 Å². The molecule has 0 atom stereocenters. The number of carbonyl (C=O) groups is 1. The monoisotopic (exact) mass is 285 g/mol. The minimum absolute atomic E-state index is 0.0316. The molecule has 0 bridgehead atoms. The molecule has 100 valence electrons. The fourth-order valence-corrected chi connectivity index (χ4v) is 1.35. The number of hydrogen-bond acceptors (Lipinski definition) is 2. The number of hydrogen-bond donors (Lipinski definition) is 1. The van der Waals surface area contributed by atoms with Crippen LogP contribution in [-0.2, 0) is 4.74 Å². The molecule has 0 fully saturated rings. The van der Waals surface area contributed by atoms with Crippen LogP contribution in [0.25, 0.3) is 0 Å². The Morgan fingerprint density at radius 3 is 2.58 bits per heavy atom. The van der Waals surface area contributed by atoms with Gasteiger partial charge >= 0.3 is 6.09 Å². The van der Waals surface area contributed by atoms with Crippen LogP contribution in [0.5, 0.6) is 0 Å². The molecule has 0 saturated carbocycles. The van der Waals surface area contributed by atoms with Gasteiger partial charge in [-0.3, -0.25) is 5.32 Å². The van der Waals surface area contributed by atoms with Gasteiger partial charge in [0.05, 0.1) is 5.02 Å². The SMILES string of the molecule is C=C/C=C(\C=C)OC(=O)Nc1cc(F)c(F)c(Cl)c1. The highest BCUT2D eigenvalue weighted by Crippen LogP contribution is 2.23. The van der Waals surface area contributed by atoms with Crippen LogP contribution in [0.3, 0.4) is 0 Å². The smallest absolute Gasteiger partial charge is 0.410 e. The number of nitrogens with one attached hydrogen (secondary N) is 1. The lowest BCUT2D eigenvalue weighted by Gasteiger charge is -2.07. The largest absolute Gasteiger partial charge is 0.417 e. The zero-order valence-electron chi connectivity index (χ0n) is 9.75. The zero-order valence-corrected chi connectivity index (χ0v) is 10.5. The quantitative estimate of drug-likeness (QED) is 0.505. The van der Waals surface area contributed by atoms with Gasteiger partial charge in [0.25, 0.3) is 0 Å². The topological polar surface area (TPSA) is 38.3 Å².